The molecule has 1 aliphatic heterocycles. The van der Waals surface area contributed by atoms with Crippen molar-refractivity contribution in [1.82, 2.24) is 14.5 Å². The second kappa shape index (κ2) is 8.68. The third-order valence-corrected chi connectivity index (χ3v) is 4.63. The van der Waals surface area contributed by atoms with E-state index in [0.717, 1.165) is 12.1 Å². The Bertz CT molecular complexity index is 1180. The highest BCUT2D eigenvalue weighted by Crippen LogP contribution is 2.30. The molecule has 0 fully saturated rings. The van der Waals surface area contributed by atoms with E-state index < -0.39 is 16.7 Å². The van der Waals surface area contributed by atoms with Gasteiger partial charge in [0.2, 0.25) is 0 Å². The van der Waals surface area contributed by atoms with Gasteiger partial charge in [-0.15, -0.1) is 0 Å². The number of rotatable bonds is 4. The Morgan fingerprint density at radius 3 is 2.62 bits per heavy atom. The van der Waals surface area contributed by atoms with Crippen molar-refractivity contribution in [2.24, 2.45) is 0 Å². The second-order valence-corrected chi connectivity index (χ2v) is 6.84. The molecule has 1 aliphatic rings. The van der Waals surface area contributed by atoms with Crippen LogP contribution in [0.3, 0.4) is 0 Å². The molecule has 3 aromatic rings. The van der Waals surface area contributed by atoms with Gasteiger partial charge in [-0.3, -0.25) is 4.57 Å². The van der Waals surface area contributed by atoms with Crippen molar-refractivity contribution in [3.05, 3.63) is 70.2 Å². The quantitative estimate of drug-likeness (QED) is 0.346. The number of hydrogen-bond donors (Lipinski definition) is 0. The molecule has 2 aromatic heterocycles. The van der Waals surface area contributed by atoms with Gasteiger partial charge < -0.3 is 19.6 Å². The van der Waals surface area contributed by atoms with Crippen LogP contribution >= 0.6 is 0 Å². The molecule has 164 valence electrons. The molecule has 0 bridgehead atoms. The zero-order valence-corrected chi connectivity index (χ0v) is 16.4. The van der Waals surface area contributed by atoms with E-state index in [1.165, 1.54) is 29.1 Å². The van der Waals surface area contributed by atoms with E-state index >= 15 is 0 Å². The molecule has 0 saturated heterocycles. The first-order valence-electron chi connectivity index (χ1n) is 9.38. The summed E-state index contributed by atoms with van der Waals surface area (Å²) in [5.74, 6) is 5.39. The topological polar surface area (TPSA) is 92.3 Å². The smallest absolute Gasteiger partial charge is 0.416 e. The van der Waals surface area contributed by atoms with Crippen LogP contribution in [0.25, 0.3) is 11.1 Å². The zero-order valence-electron chi connectivity index (χ0n) is 16.4. The van der Waals surface area contributed by atoms with Crippen LogP contribution in [0.4, 0.5) is 19.0 Å². The lowest BCUT2D eigenvalue weighted by Gasteiger charge is -2.21. The summed E-state index contributed by atoms with van der Waals surface area (Å²) in [6.45, 7) is 0.663. The van der Waals surface area contributed by atoms with Gasteiger partial charge in [-0.25, -0.2) is 4.98 Å². The van der Waals surface area contributed by atoms with Crippen LogP contribution in [0, 0.1) is 22.0 Å². The molecule has 32 heavy (non-hydrogen) atoms. The fraction of sp³-hybridized carbons (Fsp3) is 0.238. The van der Waals surface area contributed by atoms with Crippen molar-refractivity contribution in [3.63, 3.8) is 0 Å². The minimum Gasteiger partial charge on any atom is -0.443 e. The summed E-state index contributed by atoms with van der Waals surface area (Å²) in [7, 11) is 0. The van der Waals surface area contributed by atoms with Gasteiger partial charge in [-0.1, -0.05) is 24.1 Å². The number of aromatic nitrogens is 3. The number of alkyl halides is 3. The van der Waals surface area contributed by atoms with Crippen LogP contribution in [0.15, 0.2) is 48.8 Å². The average molecular weight is 444 g/mol. The van der Waals surface area contributed by atoms with Crippen LogP contribution in [-0.2, 0) is 17.5 Å². The molecular formula is C21H15F3N4O4. The van der Waals surface area contributed by atoms with Gasteiger partial charge in [0.05, 0.1) is 12.1 Å². The fourth-order valence-electron chi connectivity index (χ4n) is 3.04. The van der Waals surface area contributed by atoms with Gasteiger partial charge in [0.1, 0.15) is 31.2 Å². The maximum absolute atomic E-state index is 12.7. The van der Waals surface area contributed by atoms with Crippen molar-refractivity contribution in [2.45, 2.75) is 18.8 Å². The van der Waals surface area contributed by atoms with Gasteiger partial charge in [0, 0.05) is 16.7 Å². The number of ether oxygens (including phenoxy) is 2. The van der Waals surface area contributed by atoms with Crippen LogP contribution < -0.4 is 4.74 Å². The Hall–Kier alpha value is -3.91. The Balaban J connectivity index is 1.31. The number of halogens is 3. The molecule has 1 aromatic carbocycles. The standard InChI is InChI=1S/C21H15F3N4O4/c22-21(23,24)16-6-3-14(4-7-16)15-5-8-17(25-10-15)2-1-9-31-18-11-27-12-19(28(29)30)26-20(27)32-13-18/h3-8,10,12,18H,9,11,13H2/t18-/m1/s1. The molecule has 4 rings (SSSR count). The maximum atomic E-state index is 12.7. The highest BCUT2D eigenvalue weighted by Gasteiger charge is 2.30. The van der Waals surface area contributed by atoms with E-state index in [9.17, 15) is 23.3 Å². The van der Waals surface area contributed by atoms with Gasteiger partial charge in [0.25, 0.3) is 0 Å². The van der Waals surface area contributed by atoms with E-state index in [1.807, 2.05) is 0 Å². The minimum atomic E-state index is -4.37. The average Bonchev–Trinajstić information content (AvgIpc) is 3.21. The minimum absolute atomic E-state index is 0.0997. The van der Waals surface area contributed by atoms with E-state index in [2.05, 4.69) is 21.8 Å². The molecule has 0 saturated carbocycles. The molecule has 3 heterocycles. The highest BCUT2D eigenvalue weighted by atomic mass is 19.4. The summed E-state index contributed by atoms with van der Waals surface area (Å²) in [6, 6.07) is 8.42. The van der Waals surface area contributed by atoms with Crippen molar-refractivity contribution < 1.29 is 27.6 Å². The Kier molecular flexibility index (Phi) is 5.79. The van der Waals surface area contributed by atoms with Gasteiger partial charge >= 0.3 is 18.0 Å². The van der Waals surface area contributed by atoms with Crippen molar-refractivity contribution >= 4 is 5.82 Å². The molecule has 11 heteroatoms. The SMILES string of the molecule is O=[N+]([O-])c1cn2c(n1)OC[C@H](OCC#Cc1ccc(-c3ccc(C(F)(F)F)cc3)cn1)C2. The third kappa shape index (κ3) is 4.87. The van der Waals surface area contributed by atoms with E-state index in [0.29, 0.717) is 23.4 Å². The van der Waals surface area contributed by atoms with Gasteiger partial charge in [-0.05, 0) is 34.6 Å². The summed E-state index contributed by atoms with van der Waals surface area (Å²) in [5.41, 5.74) is 1.06. The number of hydrogen-bond acceptors (Lipinski definition) is 6. The lowest BCUT2D eigenvalue weighted by atomic mass is 10.1. The lowest BCUT2D eigenvalue weighted by Crippen LogP contribution is -2.32. The number of pyridine rings is 1. The van der Waals surface area contributed by atoms with Crippen LogP contribution in [0.2, 0.25) is 0 Å². The molecule has 0 amide bonds. The van der Waals surface area contributed by atoms with Crippen molar-refractivity contribution in [3.8, 4) is 29.0 Å². The summed E-state index contributed by atoms with van der Waals surface area (Å²) in [5, 5.41) is 10.8. The first kappa shape index (κ1) is 21.3. The van der Waals surface area contributed by atoms with Crippen LogP contribution in [0.1, 0.15) is 11.3 Å². The number of nitrogens with zero attached hydrogens (tertiary/aromatic N) is 4. The predicted octanol–water partition coefficient (Wildman–Crippen LogP) is 3.70. The van der Waals surface area contributed by atoms with E-state index in [-0.39, 0.29) is 31.1 Å². The Morgan fingerprint density at radius 1 is 1.22 bits per heavy atom. The predicted molar refractivity (Wildman–Crippen MR) is 106 cm³/mol. The molecule has 8 nitrogen and oxygen atoms in total. The largest absolute Gasteiger partial charge is 0.443 e. The molecular weight excluding hydrogens is 429 g/mol. The lowest BCUT2D eigenvalue weighted by molar-refractivity contribution is -0.389. The first-order chi connectivity index (χ1) is 15.3. The maximum Gasteiger partial charge on any atom is 0.416 e. The monoisotopic (exact) mass is 444 g/mol. The van der Waals surface area contributed by atoms with Crippen LogP contribution in [0.5, 0.6) is 6.01 Å². The Morgan fingerprint density at radius 2 is 1.97 bits per heavy atom. The molecule has 0 radical (unpaired) electrons. The number of fused-ring (bicyclic) bond motifs is 1. The summed E-state index contributed by atoms with van der Waals surface area (Å²) in [4.78, 5) is 18.2. The van der Waals surface area contributed by atoms with E-state index in [1.54, 1.807) is 12.1 Å². The fourth-order valence-corrected chi connectivity index (χ4v) is 3.04. The molecule has 0 spiro atoms. The van der Waals surface area contributed by atoms with Crippen LogP contribution in [-0.4, -0.2) is 38.8 Å². The summed E-state index contributed by atoms with van der Waals surface area (Å²) in [6.07, 6.45) is -1.88. The third-order valence-electron chi connectivity index (χ3n) is 4.63. The molecule has 0 N–H and O–H groups in total. The molecule has 0 unspecified atom stereocenters. The van der Waals surface area contributed by atoms with Crippen molar-refractivity contribution in [2.75, 3.05) is 13.2 Å². The second-order valence-electron chi connectivity index (χ2n) is 6.84. The first-order valence-corrected chi connectivity index (χ1v) is 9.38. The van der Waals surface area contributed by atoms with E-state index in [4.69, 9.17) is 9.47 Å². The molecule has 0 aliphatic carbocycles. The number of nitro groups is 1. The molecule has 1 atom stereocenters. The zero-order chi connectivity index (χ0) is 22.7. The normalized spacial score (nSPS) is 15.3. The Labute approximate surface area is 179 Å². The number of imidazole rings is 1. The summed E-state index contributed by atoms with van der Waals surface area (Å²) < 4.78 is 50.5. The van der Waals surface area contributed by atoms with Crippen molar-refractivity contribution in [1.29, 1.82) is 0 Å². The number of benzene rings is 1. The van der Waals surface area contributed by atoms with Gasteiger partial charge in [-0.2, -0.15) is 13.2 Å². The highest BCUT2D eigenvalue weighted by molar-refractivity contribution is 5.63. The van der Waals surface area contributed by atoms with Gasteiger partial charge in [0.15, 0.2) is 0 Å². The summed E-state index contributed by atoms with van der Waals surface area (Å²) >= 11 is 0.